The summed E-state index contributed by atoms with van der Waals surface area (Å²) < 4.78 is 17.2. The summed E-state index contributed by atoms with van der Waals surface area (Å²) in [5.74, 6) is 0. The minimum Gasteiger partial charge on any atom is -0.396 e. The minimum atomic E-state index is -2.78. The molecule has 0 heterocycles. The first kappa shape index (κ1) is 15.3. The number of hydrogen-bond donors (Lipinski definition) is 1. The zero-order valence-corrected chi connectivity index (χ0v) is 12.1. The van der Waals surface area contributed by atoms with Crippen LogP contribution >= 0.6 is 0 Å². The molecule has 0 aromatic heterocycles. The SMILES string of the molecule is CCO[Si](OC)(OCCCCO)c1ccccc1. The second-order valence-corrected chi connectivity index (χ2v) is 6.51. The van der Waals surface area contributed by atoms with E-state index in [0.29, 0.717) is 13.2 Å². The van der Waals surface area contributed by atoms with Gasteiger partial charge in [0.25, 0.3) is 0 Å². The van der Waals surface area contributed by atoms with Crippen molar-refractivity contribution in [2.75, 3.05) is 26.9 Å². The fraction of sp³-hybridized carbons (Fsp3) is 0.538. The third-order valence-corrected chi connectivity index (χ3v) is 5.41. The number of aliphatic hydroxyl groups excluding tert-OH is 1. The number of rotatable bonds is 9. The van der Waals surface area contributed by atoms with Crippen LogP contribution in [0.25, 0.3) is 0 Å². The predicted molar refractivity (Wildman–Crippen MR) is 72.7 cm³/mol. The molecule has 0 saturated heterocycles. The quantitative estimate of drug-likeness (QED) is 0.543. The van der Waals surface area contributed by atoms with E-state index in [1.54, 1.807) is 7.11 Å². The lowest BCUT2D eigenvalue weighted by Crippen LogP contribution is -2.56. The van der Waals surface area contributed by atoms with E-state index >= 15 is 0 Å². The normalized spacial score (nSPS) is 14.4. The molecule has 0 spiro atoms. The Balaban J connectivity index is 2.74. The van der Waals surface area contributed by atoms with Gasteiger partial charge in [0.2, 0.25) is 0 Å². The van der Waals surface area contributed by atoms with Gasteiger partial charge >= 0.3 is 8.80 Å². The van der Waals surface area contributed by atoms with Gasteiger partial charge in [0, 0.05) is 32.1 Å². The van der Waals surface area contributed by atoms with Crippen LogP contribution in [0.4, 0.5) is 0 Å². The average molecular weight is 270 g/mol. The molecule has 18 heavy (non-hydrogen) atoms. The van der Waals surface area contributed by atoms with E-state index in [0.717, 1.165) is 18.0 Å². The van der Waals surface area contributed by atoms with Gasteiger partial charge < -0.3 is 18.4 Å². The molecular weight excluding hydrogens is 248 g/mol. The molecule has 5 heteroatoms. The van der Waals surface area contributed by atoms with Crippen LogP contribution in [0.1, 0.15) is 19.8 Å². The Bertz CT molecular complexity index is 320. The Morgan fingerprint density at radius 2 is 1.83 bits per heavy atom. The van der Waals surface area contributed by atoms with E-state index in [9.17, 15) is 0 Å². The van der Waals surface area contributed by atoms with Gasteiger partial charge in [0.1, 0.15) is 0 Å². The highest BCUT2D eigenvalue weighted by atomic mass is 28.4. The van der Waals surface area contributed by atoms with Crippen molar-refractivity contribution in [2.24, 2.45) is 0 Å². The van der Waals surface area contributed by atoms with Crippen molar-refractivity contribution in [1.29, 1.82) is 0 Å². The van der Waals surface area contributed by atoms with E-state index in [2.05, 4.69) is 0 Å². The Labute approximate surface area is 110 Å². The molecule has 102 valence electrons. The molecule has 0 aliphatic rings. The molecule has 1 unspecified atom stereocenters. The Kier molecular flexibility index (Phi) is 7.15. The zero-order chi connectivity index (χ0) is 13.3. The third kappa shape index (κ3) is 4.19. The lowest BCUT2D eigenvalue weighted by molar-refractivity contribution is 0.0933. The molecule has 1 atom stereocenters. The average Bonchev–Trinajstić information content (AvgIpc) is 2.43. The predicted octanol–water partition coefficient (Wildman–Crippen LogP) is 1.30. The summed E-state index contributed by atoms with van der Waals surface area (Å²) in [5.41, 5.74) is 0. The second kappa shape index (κ2) is 8.39. The number of aliphatic hydroxyl groups is 1. The lowest BCUT2D eigenvalue weighted by atomic mass is 10.3. The van der Waals surface area contributed by atoms with Crippen LogP contribution in [0.3, 0.4) is 0 Å². The Morgan fingerprint density at radius 1 is 1.11 bits per heavy atom. The molecule has 0 fully saturated rings. The van der Waals surface area contributed by atoms with Gasteiger partial charge in [-0.25, -0.2) is 0 Å². The maximum absolute atomic E-state index is 8.77. The summed E-state index contributed by atoms with van der Waals surface area (Å²) in [7, 11) is -1.15. The molecule has 1 aromatic carbocycles. The molecule has 1 aromatic rings. The van der Waals surface area contributed by atoms with E-state index in [1.807, 2.05) is 37.3 Å². The van der Waals surface area contributed by atoms with Gasteiger partial charge in [-0.2, -0.15) is 0 Å². The Hall–Kier alpha value is -0.723. The summed E-state index contributed by atoms with van der Waals surface area (Å²) in [4.78, 5) is 0. The topological polar surface area (TPSA) is 47.9 Å². The molecule has 0 radical (unpaired) electrons. The van der Waals surface area contributed by atoms with Gasteiger partial charge in [-0.1, -0.05) is 30.3 Å². The highest BCUT2D eigenvalue weighted by molar-refractivity contribution is 6.75. The molecule has 0 bridgehead atoms. The van der Waals surface area contributed by atoms with E-state index in [-0.39, 0.29) is 6.61 Å². The fourth-order valence-corrected chi connectivity index (χ4v) is 3.98. The standard InChI is InChI=1S/C13H22O4Si/c1-3-16-18(15-2,17-12-8-7-11-14)13-9-5-4-6-10-13/h4-6,9-10,14H,3,7-8,11-12H2,1-2H3. The van der Waals surface area contributed by atoms with Crippen molar-refractivity contribution in [2.45, 2.75) is 19.8 Å². The van der Waals surface area contributed by atoms with Gasteiger partial charge in [-0.15, -0.1) is 0 Å². The van der Waals surface area contributed by atoms with Crippen molar-refractivity contribution in [3.63, 3.8) is 0 Å². The molecule has 0 amide bonds. The van der Waals surface area contributed by atoms with Crippen LogP contribution in [-0.2, 0) is 13.3 Å². The molecule has 1 N–H and O–H groups in total. The van der Waals surface area contributed by atoms with Crippen LogP contribution in [0, 0.1) is 0 Å². The van der Waals surface area contributed by atoms with E-state index < -0.39 is 8.80 Å². The third-order valence-electron chi connectivity index (χ3n) is 2.57. The first-order valence-electron chi connectivity index (χ1n) is 6.28. The van der Waals surface area contributed by atoms with Crippen molar-refractivity contribution in [3.05, 3.63) is 30.3 Å². The summed E-state index contributed by atoms with van der Waals surface area (Å²) in [6, 6.07) is 9.79. The highest BCUT2D eigenvalue weighted by Gasteiger charge is 2.42. The maximum atomic E-state index is 8.77. The van der Waals surface area contributed by atoms with Gasteiger partial charge in [-0.05, 0) is 19.8 Å². The van der Waals surface area contributed by atoms with Crippen LogP contribution in [0.5, 0.6) is 0 Å². The summed E-state index contributed by atoms with van der Waals surface area (Å²) in [6.07, 6.45) is 1.53. The molecule has 0 saturated carbocycles. The van der Waals surface area contributed by atoms with Gasteiger partial charge in [-0.3, -0.25) is 0 Å². The highest BCUT2D eigenvalue weighted by Crippen LogP contribution is 2.10. The van der Waals surface area contributed by atoms with Crippen LogP contribution in [0.2, 0.25) is 0 Å². The van der Waals surface area contributed by atoms with Crippen molar-refractivity contribution < 1.29 is 18.4 Å². The van der Waals surface area contributed by atoms with E-state index in [4.69, 9.17) is 18.4 Å². The van der Waals surface area contributed by atoms with E-state index in [1.165, 1.54) is 0 Å². The molecule has 4 nitrogen and oxygen atoms in total. The maximum Gasteiger partial charge on any atom is 0.536 e. The van der Waals surface area contributed by atoms with Crippen LogP contribution in [-0.4, -0.2) is 40.8 Å². The Morgan fingerprint density at radius 3 is 2.39 bits per heavy atom. The smallest absolute Gasteiger partial charge is 0.396 e. The van der Waals surface area contributed by atoms with Crippen molar-refractivity contribution in [3.8, 4) is 0 Å². The lowest BCUT2D eigenvalue weighted by Gasteiger charge is -2.27. The first-order valence-corrected chi connectivity index (χ1v) is 8.01. The van der Waals surface area contributed by atoms with Crippen molar-refractivity contribution >= 4 is 14.0 Å². The van der Waals surface area contributed by atoms with Gasteiger partial charge in [0.15, 0.2) is 0 Å². The molecular formula is C13H22O4Si. The number of hydrogen-bond acceptors (Lipinski definition) is 4. The zero-order valence-electron chi connectivity index (χ0n) is 11.1. The molecule has 0 aliphatic carbocycles. The first-order chi connectivity index (χ1) is 8.79. The fourth-order valence-electron chi connectivity index (χ4n) is 1.70. The summed E-state index contributed by atoms with van der Waals surface area (Å²) in [5, 5.41) is 9.74. The van der Waals surface area contributed by atoms with Crippen molar-refractivity contribution in [1.82, 2.24) is 0 Å². The summed E-state index contributed by atoms with van der Waals surface area (Å²) in [6.45, 7) is 3.20. The largest absolute Gasteiger partial charge is 0.536 e. The van der Waals surface area contributed by atoms with Gasteiger partial charge in [0.05, 0.1) is 0 Å². The van der Waals surface area contributed by atoms with Crippen LogP contribution in [0.15, 0.2) is 30.3 Å². The molecule has 1 rings (SSSR count). The minimum absolute atomic E-state index is 0.185. The molecule has 0 aliphatic heterocycles. The number of unbranched alkanes of at least 4 members (excludes halogenated alkanes) is 1. The number of benzene rings is 1. The summed E-state index contributed by atoms with van der Waals surface area (Å²) >= 11 is 0. The monoisotopic (exact) mass is 270 g/mol. The second-order valence-electron chi connectivity index (χ2n) is 3.84. The van der Waals surface area contributed by atoms with Crippen LogP contribution < -0.4 is 5.19 Å².